The Hall–Kier alpha value is -3.62. The lowest BCUT2D eigenvalue weighted by Crippen LogP contribution is -2.37. The van der Waals surface area contributed by atoms with Crippen molar-refractivity contribution in [3.8, 4) is 0 Å². The third-order valence-electron chi connectivity index (χ3n) is 6.55. The van der Waals surface area contributed by atoms with Gasteiger partial charge in [-0.05, 0) is 83.8 Å². The van der Waals surface area contributed by atoms with Gasteiger partial charge in [-0.2, -0.15) is 0 Å². The summed E-state index contributed by atoms with van der Waals surface area (Å²) in [5.41, 5.74) is 3.35. The van der Waals surface area contributed by atoms with Crippen LogP contribution < -0.4 is 5.56 Å². The summed E-state index contributed by atoms with van der Waals surface area (Å²) in [4.78, 5) is 20.3. The largest absolute Gasteiger partial charge is 0.322 e. The van der Waals surface area contributed by atoms with E-state index in [2.05, 4.69) is 94.9 Å². The molecule has 3 heterocycles. The third kappa shape index (κ3) is 5.40. The molecule has 37 heavy (non-hydrogen) atoms. The van der Waals surface area contributed by atoms with Crippen molar-refractivity contribution in [3.05, 3.63) is 110 Å². The zero-order chi connectivity index (χ0) is 26.0. The summed E-state index contributed by atoms with van der Waals surface area (Å²) in [6.07, 6.45) is 0.925. The number of nitrogens with zero attached hydrogens (tertiary/aromatic N) is 5. The average molecular weight is 513 g/mol. The molecule has 1 atom stereocenters. The number of aromatic amines is 1. The molecule has 0 bridgehead atoms. The highest BCUT2D eigenvalue weighted by molar-refractivity contribution is 7.09. The molecule has 1 unspecified atom stereocenters. The second-order valence-corrected chi connectivity index (χ2v) is 11.4. The van der Waals surface area contributed by atoms with E-state index in [1.165, 1.54) is 10.4 Å². The SMILES string of the molecule is CCc1ccc2[nH]c(=O)c(C(c3nnnn3C(C)(C)C)N(Cc3ccccc3)Cc3cccs3)cc2c1. The van der Waals surface area contributed by atoms with E-state index >= 15 is 0 Å². The number of hydrogen-bond donors (Lipinski definition) is 1. The Morgan fingerprint density at radius 3 is 2.51 bits per heavy atom. The summed E-state index contributed by atoms with van der Waals surface area (Å²) >= 11 is 1.71. The Kier molecular flexibility index (Phi) is 7.04. The molecule has 0 saturated heterocycles. The molecule has 8 heteroatoms. The van der Waals surface area contributed by atoms with E-state index < -0.39 is 6.04 Å². The number of nitrogens with one attached hydrogen (secondary N) is 1. The molecule has 0 aliphatic heterocycles. The Balaban J connectivity index is 1.73. The molecule has 190 valence electrons. The van der Waals surface area contributed by atoms with Gasteiger partial charge in [-0.1, -0.05) is 49.4 Å². The number of aryl methyl sites for hydroxylation is 1. The summed E-state index contributed by atoms with van der Waals surface area (Å²) in [7, 11) is 0. The van der Waals surface area contributed by atoms with Gasteiger partial charge in [-0.3, -0.25) is 9.69 Å². The zero-order valence-corrected chi connectivity index (χ0v) is 22.5. The maximum Gasteiger partial charge on any atom is 0.253 e. The van der Waals surface area contributed by atoms with E-state index in [-0.39, 0.29) is 11.1 Å². The van der Waals surface area contributed by atoms with Crippen LogP contribution in [-0.4, -0.2) is 30.1 Å². The van der Waals surface area contributed by atoms with Crippen LogP contribution in [0.5, 0.6) is 0 Å². The molecule has 0 spiro atoms. The highest BCUT2D eigenvalue weighted by Crippen LogP contribution is 2.32. The molecule has 5 aromatic rings. The minimum atomic E-state index is -0.463. The van der Waals surface area contributed by atoms with Crippen LogP contribution in [0, 0.1) is 0 Å². The van der Waals surface area contributed by atoms with Crippen LogP contribution in [0.25, 0.3) is 10.9 Å². The van der Waals surface area contributed by atoms with Crippen molar-refractivity contribution in [1.82, 2.24) is 30.1 Å². The molecule has 7 nitrogen and oxygen atoms in total. The van der Waals surface area contributed by atoms with Crippen molar-refractivity contribution in [1.29, 1.82) is 0 Å². The molecule has 3 aromatic heterocycles. The van der Waals surface area contributed by atoms with Crippen LogP contribution in [0.3, 0.4) is 0 Å². The van der Waals surface area contributed by atoms with Gasteiger partial charge < -0.3 is 4.98 Å². The maximum atomic E-state index is 13.7. The predicted octanol–water partition coefficient (Wildman–Crippen LogP) is 5.69. The van der Waals surface area contributed by atoms with Crippen LogP contribution in [0.15, 0.2) is 76.9 Å². The number of fused-ring (bicyclic) bond motifs is 1. The van der Waals surface area contributed by atoms with Gasteiger partial charge in [0.15, 0.2) is 5.82 Å². The Labute approximate surface area is 220 Å². The van der Waals surface area contributed by atoms with Gasteiger partial charge in [0.1, 0.15) is 6.04 Å². The quantitative estimate of drug-likeness (QED) is 0.289. The number of hydrogen-bond acceptors (Lipinski definition) is 6. The van der Waals surface area contributed by atoms with Gasteiger partial charge in [0.2, 0.25) is 0 Å². The van der Waals surface area contributed by atoms with Gasteiger partial charge in [-0.15, -0.1) is 16.4 Å². The Morgan fingerprint density at radius 1 is 1.00 bits per heavy atom. The van der Waals surface area contributed by atoms with Gasteiger partial charge >= 0.3 is 0 Å². The molecule has 1 N–H and O–H groups in total. The van der Waals surface area contributed by atoms with Gasteiger partial charge in [0, 0.05) is 29.0 Å². The first kappa shape index (κ1) is 25.0. The molecular formula is C29H32N6OS. The van der Waals surface area contributed by atoms with E-state index in [4.69, 9.17) is 0 Å². The van der Waals surface area contributed by atoms with E-state index in [1.807, 2.05) is 35.0 Å². The minimum Gasteiger partial charge on any atom is -0.322 e. The van der Waals surface area contributed by atoms with E-state index in [9.17, 15) is 4.79 Å². The number of pyridine rings is 1. The normalized spacial score (nSPS) is 12.9. The monoisotopic (exact) mass is 512 g/mol. The second-order valence-electron chi connectivity index (χ2n) is 10.3. The lowest BCUT2D eigenvalue weighted by Gasteiger charge is -2.32. The highest BCUT2D eigenvalue weighted by atomic mass is 32.1. The smallest absolute Gasteiger partial charge is 0.253 e. The van der Waals surface area contributed by atoms with E-state index in [0.717, 1.165) is 22.9 Å². The van der Waals surface area contributed by atoms with Gasteiger partial charge in [-0.25, -0.2) is 4.68 Å². The van der Waals surface area contributed by atoms with Crippen molar-refractivity contribution in [3.63, 3.8) is 0 Å². The molecule has 0 amide bonds. The molecule has 0 saturated carbocycles. The van der Waals surface area contributed by atoms with Crippen LogP contribution >= 0.6 is 11.3 Å². The van der Waals surface area contributed by atoms with Crippen molar-refractivity contribution in [2.24, 2.45) is 0 Å². The van der Waals surface area contributed by atoms with Crippen LogP contribution in [0.1, 0.15) is 61.1 Å². The van der Waals surface area contributed by atoms with Gasteiger partial charge in [0.25, 0.3) is 5.56 Å². The van der Waals surface area contributed by atoms with E-state index in [0.29, 0.717) is 24.5 Å². The lowest BCUT2D eigenvalue weighted by atomic mass is 10.00. The first-order chi connectivity index (χ1) is 17.8. The molecular weight excluding hydrogens is 480 g/mol. The molecule has 0 aliphatic carbocycles. The summed E-state index contributed by atoms with van der Waals surface area (Å²) in [6.45, 7) is 9.64. The standard InChI is InChI=1S/C29H32N6OS/c1-5-20-13-14-25-22(16-20)17-24(28(36)30-25)26(27-31-32-33-35(27)29(2,3)4)34(19-23-12-9-15-37-23)18-21-10-7-6-8-11-21/h6-17,26H,5,18-19H2,1-4H3,(H,30,36). The first-order valence-electron chi connectivity index (χ1n) is 12.6. The molecule has 2 aromatic carbocycles. The number of benzene rings is 2. The molecule has 0 aliphatic rings. The predicted molar refractivity (Wildman–Crippen MR) is 149 cm³/mol. The Bertz CT molecular complexity index is 1530. The van der Waals surface area contributed by atoms with Crippen LogP contribution in [-0.2, 0) is 25.0 Å². The summed E-state index contributed by atoms with van der Waals surface area (Å²) in [6, 6.07) is 22.3. The van der Waals surface area contributed by atoms with E-state index in [1.54, 1.807) is 11.3 Å². The molecule has 5 rings (SSSR count). The fraction of sp³-hybridized carbons (Fsp3) is 0.310. The summed E-state index contributed by atoms with van der Waals surface area (Å²) in [5, 5.41) is 16.0. The average Bonchev–Trinajstić information content (AvgIpc) is 3.57. The van der Waals surface area contributed by atoms with Gasteiger partial charge in [0.05, 0.1) is 5.54 Å². The number of thiophene rings is 1. The summed E-state index contributed by atoms with van der Waals surface area (Å²) < 4.78 is 1.84. The van der Waals surface area contributed by atoms with Crippen molar-refractivity contribution in [2.45, 2.75) is 58.8 Å². The summed E-state index contributed by atoms with van der Waals surface area (Å²) in [5.74, 6) is 0.650. The minimum absolute atomic E-state index is 0.130. The maximum absolute atomic E-state index is 13.7. The fourth-order valence-electron chi connectivity index (χ4n) is 4.70. The van der Waals surface area contributed by atoms with Crippen LogP contribution in [0.4, 0.5) is 0 Å². The lowest BCUT2D eigenvalue weighted by molar-refractivity contribution is 0.186. The van der Waals surface area contributed by atoms with Crippen molar-refractivity contribution >= 4 is 22.2 Å². The molecule has 0 fully saturated rings. The number of aromatic nitrogens is 5. The number of rotatable bonds is 8. The Morgan fingerprint density at radius 2 is 1.81 bits per heavy atom. The van der Waals surface area contributed by atoms with Crippen molar-refractivity contribution < 1.29 is 0 Å². The number of tetrazole rings is 1. The topological polar surface area (TPSA) is 79.7 Å². The highest BCUT2D eigenvalue weighted by Gasteiger charge is 2.33. The second kappa shape index (κ2) is 10.4. The first-order valence-corrected chi connectivity index (χ1v) is 13.5. The van der Waals surface area contributed by atoms with Crippen LogP contribution in [0.2, 0.25) is 0 Å². The fourth-order valence-corrected chi connectivity index (χ4v) is 5.43. The third-order valence-corrected chi connectivity index (χ3v) is 7.41. The zero-order valence-electron chi connectivity index (χ0n) is 21.7. The molecule has 0 radical (unpaired) electrons. The van der Waals surface area contributed by atoms with Crippen molar-refractivity contribution in [2.75, 3.05) is 0 Å². The number of H-pyrrole nitrogens is 1.